The van der Waals surface area contributed by atoms with Crippen LogP contribution < -0.4 is 0 Å². The topological polar surface area (TPSA) is 89.9 Å². The lowest BCUT2D eigenvalue weighted by Gasteiger charge is -2.06. The van der Waals surface area contributed by atoms with Crippen molar-refractivity contribution < 1.29 is 29.0 Å². The molecule has 0 aliphatic carbocycles. The number of ether oxygens (including phenoxy) is 2. The summed E-state index contributed by atoms with van der Waals surface area (Å²) in [6, 6.07) is 0. The number of hydrogen-bond donors (Lipinski definition) is 1. The fraction of sp³-hybridized carbons (Fsp3) is 0.722. The summed E-state index contributed by atoms with van der Waals surface area (Å²) in [5.74, 6) is -1.47. The molecule has 0 aromatic rings. The molecule has 25 heavy (non-hydrogen) atoms. The molecule has 7 heteroatoms. The van der Waals surface area contributed by atoms with Crippen LogP contribution in [0, 0.1) is 0 Å². The first-order valence-electron chi connectivity index (χ1n) is 8.63. The Bertz CT molecular complexity index is 408. The van der Waals surface area contributed by atoms with Gasteiger partial charge >= 0.3 is 41.0 Å². The average Bonchev–Trinajstić information content (AvgIpc) is 2.52. The summed E-state index contributed by atoms with van der Waals surface area (Å²) in [6.07, 6.45) is 8.50. The predicted molar refractivity (Wildman–Crippen MR) is 99.1 cm³/mol. The van der Waals surface area contributed by atoms with Gasteiger partial charge in [-0.15, -0.1) is 0 Å². The van der Waals surface area contributed by atoms with E-state index in [1.54, 1.807) is 6.92 Å². The van der Waals surface area contributed by atoms with Crippen molar-refractivity contribution in [2.24, 2.45) is 0 Å². The third kappa shape index (κ3) is 19.1. The maximum atomic E-state index is 11.5. The van der Waals surface area contributed by atoms with Gasteiger partial charge in [-0.2, -0.15) is 0 Å². The molecule has 0 saturated heterocycles. The molecule has 0 fully saturated rings. The molecule has 0 bridgehead atoms. The van der Waals surface area contributed by atoms with Crippen molar-refractivity contribution in [3.05, 3.63) is 12.2 Å². The van der Waals surface area contributed by atoms with E-state index in [1.807, 2.05) is 0 Å². The SMILES string of the molecule is C=C(C)C(=O)OCCOC(=O)CCCCCCCCCCC(=O)O.[MgH2]. The van der Waals surface area contributed by atoms with E-state index in [1.165, 1.54) is 0 Å². The number of hydrogen-bond acceptors (Lipinski definition) is 5. The third-order valence-electron chi connectivity index (χ3n) is 3.45. The lowest BCUT2D eigenvalue weighted by atomic mass is 10.1. The molecule has 0 spiro atoms. The second-order valence-electron chi connectivity index (χ2n) is 5.86. The van der Waals surface area contributed by atoms with Gasteiger partial charge in [-0.05, 0) is 19.8 Å². The molecule has 0 radical (unpaired) electrons. The van der Waals surface area contributed by atoms with E-state index in [0.29, 0.717) is 12.0 Å². The minimum Gasteiger partial charge on any atom is -0.481 e. The zero-order valence-corrected chi connectivity index (χ0v) is 14.7. The van der Waals surface area contributed by atoms with Gasteiger partial charge < -0.3 is 14.6 Å². The number of esters is 2. The molecular weight excluding hydrogens is 336 g/mol. The zero-order valence-electron chi connectivity index (χ0n) is 14.7. The standard InChI is InChI=1S/C18H30O6.Mg.2H/c1-15(2)18(22)24-14-13-23-17(21)12-10-8-6-4-3-5-7-9-11-16(19)20;;;/h1,3-14H2,2H3,(H,19,20);;;. The molecule has 142 valence electrons. The van der Waals surface area contributed by atoms with Crippen LogP contribution in [0.4, 0.5) is 0 Å². The molecule has 0 rings (SSSR count). The molecule has 0 aromatic heterocycles. The first-order valence-corrected chi connectivity index (χ1v) is 8.63. The summed E-state index contributed by atoms with van der Waals surface area (Å²) in [7, 11) is 0. The number of aliphatic carboxylic acids is 1. The Morgan fingerprint density at radius 2 is 1.24 bits per heavy atom. The molecule has 6 nitrogen and oxygen atoms in total. The normalized spacial score (nSPS) is 9.80. The van der Waals surface area contributed by atoms with Gasteiger partial charge in [0.1, 0.15) is 13.2 Å². The Kier molecular flexibility index (Phi) is 18.5. The highest BCUT2D eigenvalue weighted by Crippen LogP contribution is 2.11. The summed E-state index contributed by atoms with van der Waals surface area (Å²) in [4.78, 5) is 32.9. The van der Waals surface area contributed by atoms with Crippen LogP contribution in [0.5, 0.6) is 0 Å². The van der Waals surface area contributed by atoms with Crippen LogP contribution in [-0.4, -0.2) is 59.3 Å². The predicted octanol–water partition coefficient (Wildman–Crippen LogP) is 2.72. The van der Waals surface area contributed by atoms with Crippen LogP contribution in [0.2, 0.25) is 0 Å². The summed E-state index contributed by atoms with van der Waals surface area (Å²) in [5, 5.41) is 8.51. The molecule has 0 amide bonds. The molecule has 0 atom stereocenters. The second-order valence-corrected chi connectivity index (χ2v) is 5.86. The highest BCUT2D eigenvalue weighted by Gasteiger charge is 2.05. The number of carbonyl (C=O) groups is 3. The van der Waals surface area contributed by atoms with Crippen LogP contribution in [0.25, 0.3) is 0 Å². The van der Waals surface area contributed by atoms with Crippen molar-refractivity contribution in [2.75, 3.05) is 13.2 Å². The maximum absolute atomic E-state index is 11.5. The third-order valence-corrected chi connectivity index (χ3v) is 3.45. The average molecular weight is 369 g/mol. The van der Waals surface area contributed by atoms with Gasteiger partial charge in [-0.1, -0.05) is 45.1 Å². The van der Waals surface area contributed by atoms with Gasteiger partial charge in [0.15, 0.2) is 0 Å². The molecule has 0 aliphatic heterocycles. The van der Waals surface area contributed by atoms with Crippen LogP contribution in [0.15, 0.2) is 12.2 Å². The van der Waals surface area contributed by atoms with Crippen LogP contribution in [0.1, 0.15) is 71.1 Å². The maximum Gasteiger partial charge on any atom is 0.333 e. The Hall–Kier alpha value is -1.08. The smallest absolute Gasteiger partial charge is 0.333 e. The first kappa shape index (κ1) is 26.1. The van der Waals surface area contributed by atoms with Gasteiger partial charge in [0, 0.05) is 18.4 Å². The number of carboxylic acid groups (broad SMARTS) is 1. The minimum absolute atomic E-state index is 0. The molecule has 1 N–H and O–H groups in total. The lowest BCUT2D eigenvalue weighted by Crippen LogP contribution is -2.14. The number of rotatable bonds is 15. The number of carboxylic acids is 1. The number of unbranched alkanes of at least 4 members (excludes halogenated alkanes) is 7. The summed E-state index contributed by atoms with van der Waals surface area (Å²) in [6.45, 7) is 5.15. The van der Waals surface area contributed by atoms with E-state index >= 15 is 0 Å². The Labute approximate surface area is 166 Å². The van der Waals surface area contributed by atoms with Crippen molar-refractivity contribution in [1.29, 1.82) is 0 Å². The molecular formula is C18H32MgO6. The molecule has 0 aliphatic rings. The van der Waals surface area contributed by atoms with E-state index in [0.717, 1.165) is 51.4 Å². The quantitative estimate of drug-likeness (QED) is 0.207. The summed E-state index contributed by atoms with van der Waals surface area (Å²) in [5.41, 5.74) is 0.322. The lowest BCUT2D eigenvalue weighted by molar-refractivity contribution is -0.150. The van der Waals surface area contributed by atoms with Crippen LogP contribution >= 0.6 is 0 Å². The van der Waals surface area contributed by atoms with Crippen molar-refractivity contribution in [2.45, 2.75) is 71.1 Å². The highest BCUT2D eigenvalue weighted by molar-refractivity contribution is 5.86. The monoisotopic (exact) mass is 368 g/mol. The summed E-state index contributed by atoms with van der Waals surface area (Å²) < 4.78 is 9.79. The van der Waals surface area contributed by atoms with E-state index < -0.39 is 11.9 Å². The first-order chi connectivity index (χ1) is 11.4. The van der Waals surface area contributed by atoms with Crippen LogP contribution in [0.3, 0.4) is 0 Å². The Morgan fingerprint density at radius 1 is 0.800 bits per heavy atom. The van der Waals surface area contributed by atoms with E-state index in [9.17, 15) is 14.4 Å². The fourth-order valence-corrected chi connectivity index (χ4v) is 2.09. The van der Waals surface area contributed by atoms with Gasteiger partial charge in [0.2, 0.25) is 0 Å². The largest absolute Gasteiger partial charge is 0.481 e. The highest BCUT2D eigenvalue weighted by atomic mass is 24.3. The molecule has 0 heterocycles. The van der Waals surface area contributed by atoms with E-state index in [4.69, 9.17) is 14.6 Å². The van der Waals surface area contributed by atoms with E-state index in [2.05, 4.69) is 6.58 Å². The van der Waals surface area contributed by atoms with Crippen molar-refractivity contribution in [1.82, 2.24) is 0 Å². The van der Waals surface area contributed by atoms with Gasteiger partial charge in [-0.25, -0.2) is 4.79 Å². The summed E-state index contributed by atoms with van der Waals surface area (Å²) >= 11 is 0. The van der Waals surface area contributed by atoms with Crippen molar-refractivity contribution in [3.63, 3.8) is 0 Å². The number of carbonyl (C=O) groups excluding carboxylic acids is 2. The van der Waals surface area contributed by atoms with Gasteiger partial charge in [-0.3, -0.25) is 9.59 Å². The second kappa shape index (κ2) is 17.7. The molecule has 0 aromatic carbocycles. The molecule has 0 saturated carbocycles. The van der Waals surface area contributed by atoms with Crippen molar-refractivity contribution >= 4 is 41.0 Å². The van der Waals surface area contributed by atoms with Crippen molar-refractivity contribution in [3.8, 4) is 0 Å². The fourth-order valence-electron chi connectivity index (χ4n) is 2.09. The minimum atomic E-state index is -0.726. The van der Waals surface area contributed by atoms with Gasteiger partial charge in [0.25, 0.3) is 0 Å². The molecule has 0 unspecified atom stereocenters. The van der Waals surface area contributed by atoms with E-state index in [-0.39, 0.29) is 48.7 Å². The van der Waals surface area contributed by atoms with Crippen LogP contribution in [-0.2, 0) is 23.9 Å². The zero-order chi connectivity index (χ0) is 18.2. The Balaban J connectivity index is 0. The van der Waals surface area contributed by atoms with Gasteiger partial charge in [0.05, 0.1) is 0 Å². The Morgan fingerprint density at radius 3 is 1.72 bits per heavy atom.